The molecule has 17 heavy (non-hydrogen) atoms. The maximum absolute atomic E-state index is 11.4. The normalized spacial score (nSPS) is 49.3. The van der Waals surface area contributed by atoms with E-state index < -0.39 is 11.2 Å². The molecule has 0 heterocycles. The highest BCUT2D eigenvalue weighted by molar-refractivity contribution is 7.81. The Morgan fingerprint density at radius 1 is 1.24 bits per heavy atom. The summed E-state index contributed by atoms with van der Waals surface area (Å²) in [6, 6.07) is 0. The summed E-state index contributed by atoms with van der Waals surface area (Å²) in [6.07, 6.45) is 7.48. The molecule has 0 aromatic rings. The van der Waals surface area contributed by atoms with Crippen molar-refractivity contribution in [3.8, 4) is 0 Å². The van der Waals surface area contributed by atoms with Crippen LogP contribution in [-0.4, -0.2) is 16.3 Å². The van der Waals surface area contributed by atoms with E-state index in [1.54, 1.807) is 0 Å². The van der Waals surface area contributed by atoms with Crippen LogP contribution in [0.25, 0.3) is 0 Å². The summed E-state index contributed by atoms with van der Waals surface area (Å²) < 4.78 is 0. The van der Waals surface area contributed by atoms with Crippen LogP contribution in [0.3, 0.4) is 0 Å². The third-order valence-corrected chi connectivity index (χ3v) is 6.72. The SMILES string of the molecule is CCC1(C(S)C(=O)O)C2CC3CC(C2)CC1C3. The van der Waals surface area contributed by atoms with Crippen LogP contribution in [0.15, 0.2) is 0 Å². The molecule has 0 aliphatic heterocycles. The first kappa shape index (κ1) is 11.9. The van der Waals surface area contributed by atoms with Crippen molar-refractivity contribution < 1.29 is 9.90 Å². The molecule has 96 valence electrons. The van der Waals surface area contributed by atoms with E-state index in [0.717, 1.165) is 18.3 Å². The summed E-state index contributed by atoms with van der Waals surface area (Å²) in [5.74, 6) is 2.34. The van der Waals surface area contributed by atoms with Crippen molar-refractivity contribution in [1.29, 1.82) is 0 Å². The van der Waals surface area contributed by atoms with Crippen molar-refractivity contribution in [1.82, 2.24) is 0 Å². The molecule has 4 fully saturated rings. The van der Waals surface area contributed by atoms with Crippen LogP contribution in [0, 0.1) is 29.1 Å². The second-order valence-electron chi connectivity index (χ2n) is 6.51. The van der Waals surface area contributed by atoms with Crippen LogP contribution < -0.4 is 0 Å². The number of hydrogen-bond donors (Lipinski definition) is 2. The van der Waals surface area contributed by atoms with Gasteiger partial charge in [-0.2, -0.15) is 12.6 Å². The van der Waals surface area contributed by atoms with Gasteiger partial charge in [-0.1, -0.05) is 6.92 Å². The Labute approximate surface area is 109 Å². The second kappa shape index (κ2) is 3.91. The van der Waals surface area contributed by atoms with Gasteiger partial charge in [-0.3, -0.25) is 4.79 Å². The Morgan fingerprint density at radius 2 is 1.71 bits per heavy atom. The van der Waals surface area contributed by atoms with Crippen molar-refractivity contribution in [3.63, 3.8) is 0 Å². The molecule has 1 atom stereocenters. The van der Waals surface area contributed by atoms with E-state index in [4.69, 9.17) is 0 Å². The molecule has 4 bridgehead atoms. The molecular weight excluding hydrogens is 232 g/mol. The van der Waals surface area contributed by atoms with E-state index in [1.807, 2.05) is 0 Å². The standard InChI is InChI=1S/C14H22O2S/c1-2-14(12(17)13(15)16)10-4-8-3-9(6-10)7-11(14)5-8/h8-12,17H,2-7H2,1H3,(H,15,16). The van der Waals surface area contributed by atoms with Crippen LogP contribution >= 0.6 is 12.6 Å². The van der Waals surface area contributed by atoms with Crippen molar-refractivity contribution >= 4 is 18.6 Å². The van der Waals surface area contributed by atoms with Gasteiger partial charge in [0.05, 0.1) is 0 Å². The molecule has 1 N–H and O–H groups in total. The topological polar surface area (TPSA) is 37.3 Å². The highest BCUT2D eigenvalue weighted by Crippen LogP contribution is 2.65. The lowest BCUT2D eigenvalue weighted by Crippen LogP contribution is -2.58. The van der Waals surface area contributed by atoms with Crippen LogP contribution in [0.2, 0.25) is 0 Å². The third kappa shape index (κ3) is 1.50. The summed E-state index contributed by atoms with van der Waals surface area (Å²) in [5.41, 5.74) is -0.0115. The first-order chi connectivity index (χ1) is 8.07. The lowest BCUT2D eigenvalue weighted by atomic mass is 9.44. The Bertz CT molecular complexity index is 311. The number of carboxylic acids is 1. The summed E-state index contributed by atoms with van der Waals surface area (Å²) in [4.78, 5) is 11.4. The molecule has 4 aliphatic rings. The zero-order chi connectivity index (χ0) is 12.2. The van der Waals surface area contributed by atoms with E-state index in [9.17, 15) is 9.90 Å². The van der Waals surface area contributed by atoms with Gasteiger partial charge in [-0.05, 0) is 67.6 Å². The Kier molecular flexibility index (Phi) is 2.73. The van der Waals surface area contributed by atoms with Crippen molar-refractivity contribution in [2.45, 2.75) is 50.7 Å². The first-order valence-electron chi connectivity index (χ1n) is 6.98. The Hall–Kier alpha value is -0.180. The molecule has 1 unspecified atom stereocenters. The highest BCUT2D eigenvalue weighted by atomic mass is 32.1. The van der Waals surface area contributed by atoms with Gasteiger partial charge in [0, 0.05) is 0 Å². The molecule has 3 heteroatoms. The van der Waals surface area contributed by atoms with Crippen LogP contribution in [0.4, 0.5) is 0 Å². The lowest BCUT2D eigenvalue weighted by molar-refractivity contribution is -0.153. The van der Waals surface area contributed by atoms with E-state index in [1.165, 1.54) is 32.1 Å². The fourth-order valence-electron chi connectivity index (χ4n) is 5.51. The molecule has 4 saturated carbocycles. The summed E-state index contributed by atoms with van der Waals surface area (Å²) >= 11 is 4.48. The fourth-order valence-corrected chi connectivity index (χ4v) is 6.11. The minimum atomic E-state index is -0.706. The van der Waals surface area contributed by atoms with E-state index in [-0.39, 0.29) is 5.41 Å². The number of carbonyl (C=O) groups is 1. The monoisotopic (exact) mass is 254 g/mol. The smallest absolute Gasteiger partial charge is 0.316 e. The summed E-state index contributed by atoms with van der Waals surface area (Å²) in [5, 5.41) is 8.93. The van der Waals surface area contributed by atoms with E-state index >= 15 is 0 Å². The summed E-state index contributed by atoms with van der Waals surface area (Å²) in [6.45, 7) is 2.18. The Morgan fingerprint density at radius 3 is 2.06 bits per heavy atom. The average molecular weight is 254 g/mol. The number of aliphatic carboxylic acids is 1. The van der Waals surface area contributed by atoms with Gasteiger partial charge in [0.1, 0.15) is 5.25 Å². The van der Waals surface area contributed by atoms with Gasteiger partial charge in [0.2, 0.25) is 0 Å². The van der Waals surface area contributed by atoms with E-state index in [2.05, 4.69) is 19.6 Å². The zero-order valence-corrected chi connectivity index (χ0v) is 11.3. The maximum Gasteiger partial charge on any atom is 0.316 e. The molecule has 0 amide bonds. The van der Waals surface area contributed by atoms with Gasteiger partial charge in [0.25, 0.3) is 0 Å². The van der Waals surface area contributed by atoms with Gasteiger partial charge >= 0.3 is 5.97 Å². The number of carboxylic acid groups (broad SMARTS) is 1. The number of hydrogen-bond acceptors (Lipinski definition) is 2. The molecule has 0 radical (unpaired) electrons. The number of rotatable bonds is 3. The van der Waals surface area contributed by atoms with Crippen LogP contribution in [0.5, 0.6) is 0 Å². The molecule has 2 nitrogen and oxygen atoms in total. The predicted molar refractivity (Wildman–Crippen MR) is 70.2 cm³/mol. The van der Waals surface area contributed by atoms with Gasteiger partial charge < -0.3 is 5.11 Å². The molecule has 0 spiro atoms. The molecule has 0 aromatic carbocycles. The first-order valence-corrected chi connectivity index (χ1v) is 7.50. The minimum Gasteiger partial charge on any atom is -0.480 e. The average Bonchev–Trinajstić information content (AvgIpc) is 2.28. The third-order valence-electron chi connectivity index (χ3n) is 6.01. The van der Waals surface area contributed by atoms with Crippen LogP contribution in [-0.2, 0) is 4.79 Å². The van der Waals surface area contributed by atoms with Gasteiger partial charge in [-0.25, -0.2) is 0 Å². The predicted octanol–water partition coefficient (Wildman–Crippen LogP) is 3.22. The van der Waals surface area contributed by atoms with Crippen molar-refractivity contribution in [2.24, 2.45) is 29.1 Å². The largest absolute Gasteiger partial charge is 0.480 e. The fraction of sp³-hybridized carbons (Fsp3) is 0.929. The number of thiol groups is 1. The van der Waals surface area contributed by atoms with Gasteiger partial charge in [-0.15, -0.1) is 0 Å². The minimum absolute atomic E-state index is 0.0115. The molecule has 0 aromatic heterocycles. The molecular formula is C14H22O2S. The molecule has 0 saturated heterocycles. The summed E-state index contributed by atoms with van der Waals surface area (Å²) in [7, 11) is 0. The van der Waals surface area contributed by atoms with E-state index in [0.29, 0.717) is 11.8 Å². The maximum atomic E-state index is 11.4. The quantitative estimate of drug-likeness (QED) is 0.759. The lowest BCUT2D eigenvalue weighted by Gasteiger charge is -2.62. The Balaban J connectivity index is 1.97. The molecule has 4 aliphatic carbocycles. The van der Waals surface area contributed by atoms with Crippen molar-refractivity contribution in [3.05, 3.63) is 0 Å². The van der Waals surface area contributed by atoms with Crippen molar-refractivity contribution in [2.75, 3.05) is 0 Å². The molecule has 4 rings (SSSR count). The van der Waals surface area contributed by atoms with Gasteiger partial charge in [0.15, 0.2) is 0 Å². The second-order valence-corrected chi connectivity index (χ2v) is 7.03. The van der Waals surface area contributed by atoms with Crippen LogP contribution in [0.1, 0.15) is 45.4 Å². The zero-order valence-electron chi connectivity index (χ0n) is 10.4. The highest BCUT2D eigenvalue weighted by Gasteiger charge is 2.59.